The van der Waals surface area contributed by atoms with Crippen LogP contribution in [0.5, 0.6) is 11.5 Å². The van der Waals surface area contributed by atoms with Crippen molar-refractivity contribution in [2.75, 3.05) is 0 Å². The maximum absolute atomic E-state index is 10.4. The zero-order chi connectivity index (χ0) is 19.1. The van der Waals surface area contributed by atoms with Crippen LogP contribution in [-0.2, 0) is 6.42 Å². The normalized spacial score (nSPS) is 11.4. The average molecular weight is 367 g/mol. The van der Waals surface area contributed by atoms with Gasteiger partial charge in [-0.3, -0.25) is 0 Å². The second-order valence-corrected chi connectivity index (χ2v) is 7.38. The number of fused-ring (bicyclic) bond motifs is 2. The number of benzene rings is 2. The monoisotopic (exact) mass is 366 g/mol. The van der Waals surface area contributed by atoms with Gasteiger partial charge in [0.15, 0.2) is 11.5 Å². The Morgan fingerprint density at radius 2 is 1.33 bits per heavy atom. The number of phenols is 2. The van der Waals surface area contributed by atoms with E-state index in [2.05, 4.69) is 11.9 Å². The molecular formula is C23H30N2O2. The molecule has 0 radical (unpaired) electrons. The second-order valence-electron chi connectivity index (χ2n) is 7.38. The molecule has 0 aliphatic heterocycles. The maximum atomic E-state index is 10.4. The molecule has 1 aromatic heterocycles. The summed E-state index contributed by atoms with van der Waals surface area (Å²) in [4.78, 5) is 9.30. The minimum Gasteiger partial charge on any atom is -0.504 e. The van der Waals surface area contributed by atoms with E-state index in [0.717, 1.165) is 23.9 Å². The zero-order valence-corrected chi connectivity index (χ0v) is 16.2. The molecule has 0 amide bonds. The lowest BCUT2D eigenvalue weighted by atomic mass is 10.0. The third-order valence-corrected chi connectivity index (χ3v) is 5.22. The summed E-state index contributed by atoms with van der Waals surface area (Å²) < 4.78 is 0. The fourth-order valence-corrected chi connectivity index (χ4v) is 3.65. The Hall–Kier alpha value is -2.36. The predicted octanol–water partition coefficient (Wildman–Crippen LogP) is 6.27. The molecule has 3 aromatic rings. The molecule has 2 N–H and O–H groups in total. The number of phenolic OH excluding ortho intramolecular Hbond substituents is 2. The van der Waals surface area contributed by atoms with E-state index in [9.17, 15) is 10.2 Å². The molecule has 27 heavy (non-hydrogen) atoms. The van der Waals surface area contributed by atoms with Crippen LogP contribution < -0.4 is 0 Å². The van der Waals surface area contributed by atoms with Crippen LogP contribution in [0, 0.1) is 0 Å². The van der Waals surface area contributed by atoms with Crippen LogP contribution in [0.15, 0.2) is 30.3 Å². The van der Waals surface area contributed by atoms with Crippen molar-refractivity contribution >= 4 is 22.1 Å². The number of nitrogens with zero attached hydrogens (tertiary/aromatic N) is 2. The first kappa shape index (κ1) is 19.4. The van der Waals surface area contributed by atoms with Crippen LogP contribution >= 0.6 is 0 Å². The first-order chi connectivity index (χ1) is 13.2. The molecule has 144 valence electrons. The molecule has 0 fully saturated rings. The van der Waals surface area contributed by atoms with E-state index in [1.54, 1.807) is 0 Å². The van der Waals surface area contributed by atoms with E-state index in [1.165, 1.54) is 51.0 Å². The van der Waals surface area contributed by atoms with Gasteiger partial charge in [-0.15, -0.1) is 0 Å². The number of aromatic hydroxyl groups is 2. The highest BCUT2D eigenvalue weighted by molar-refractivity contribution is 5.90. The second kappa shape index (κ2) is 9.54. The highest BCUT2D eigenvalue weighted by Crippen LogP contribution is 2.36. The van der Waals surface area contributed by atoms with Gasteiger partial charge in [-0.1, -0.05) is 70.4 Å². The molecule has 1 heterocycles. The molecule has 0 aliphatic rings. The lowest BCUT2D eigenvalue weighted by Gasteiger charge is -2.11. The summed E-state index contributed by atoms with van der Waals surface area (Å²) in [7, 11) is 0. The van der Waals surface area contributed by atoms with Gasteiger partial charge in [0.05, 0.1) is 22.1 Å². The molecule has 0 saturated heterocycles. The molecule has 3 rings (SSSR count). The Balaban J connectivity index is 1.65. The van der Waals surface area contributed by atoms with E-state index in [4.69, 9.17) is 4.98 Å². The van der Waals surface area contributed by atoms with Crippen LogP contribution in [0.3, 0.4) is 0 Å². The highest BCUT2D eigenvalue weighted by Gasteiger charge is 2.15. The van der Waals surface area contributed by atoms with Crippen molar-refractivity contribution in [1.82, 2.24) is 9.97 Å². The van der Waals surface area contributed by atoms with Gasteiger partial charge in [0.25, 0.3) is 0 Å². The van der Waals surface area contributed by atoms with Crippen molar-refractivity contribution < 1.29 is 10.2 Å². The summed E-state index contributed by atoms with van der Waals surface area (Å²) in [5, 5.41) is 20.5. The summed E-state index contributed by atoms with van der Waals surface area (Å²) in [6.45, 7) is 2.24. The number of hydrogen-bond donors (Lipinski definition) is 2. The number of aromatic nitrogens is 2. The Morgan fingerprint density at radius 3 is 2.00 bits per heavy atom. The van der Waals surface area contributed by atoms with Gasteiger partial charge >= 0.3 is 0 Å². The molecule has 4 heteroatoms. The van der Waals surface area contributed by atoms with Crippen LogP contribution in [0.2, 0.25) is 0 Å². The smallest absolute Gasteiger partial charge is 0.163 e. The molecule has 0 unspecified atom stereocenters. The van der Waals surface area contributed by atoms with E-state index in [1.807, 2.05) is 24.3 Å². The SMILES string of the molecule is CCCCCCCCCCCc1c(O)c(O)cc2nc3ccccc3nc12. The van der Waals surface area contributed by atoms with Gasteiger partial charge in [0.2, 0.25) is 0 Å². The van der Waals surface area contributed by atoms with Crippen LogP contribution in [0.25, 0.3) is 22.1 Å². The van der Waals surface area contributed by atoms with Crippen LogP contribution in [0.4, 0.5) is 0 Å². The summed E-state index contributed by atoms with van der Waals surface area (Å²) in [6.07, 6.45) is 12.0. The first-order valence-corrected chi connectivity index (χ1v) is 10.3. The third kappa shape index (κ3) is 4.88. The molecule has 0 atom stereocenters. The largest absolute Gasteiger partial charge is 0.504 e. The number of unbranched alkanes of at least 4 members (excludes halogenated alkanes) is 8. The van der Waals surface area contributed by atoms with Gasteiger partial charge in [-0.05, 0) is 25.0 Å². The average Bonchev–Trinajstić information content (AvgIpc) is 2.68. The van der Waals surface area contributed by atoms with E-state index >= 15 is 0 Å². The summed E-state index contributed by atoms with van der Waals surface area (Å²) in [5.74, 6) is -0.162. The quantitative estimate of drug-likeness (QED) is 0.252. The lowest BCUT2D eigenvalue weighted by molar-refractivity contribution is 0.399. The predicted molar refractivity (Wildman–Crippen MR) is 111 cm³/mol. The van der Waals surface area contributed by atoms with Gasteiger partial charge in [-0.2, -0.15) is 0 Å². The molecule has 0 spiro atoms. The molecule has 0 aliphatic carbocycles. The Morgan fingerprint density at radius 1 is 0.741 bits per heavy atom. The molecule has 4 nitrogen and oxygen atoms in total. The van der Waals surface area contributed by atoms with E-state index < -0.39 is 0 Å². The zero-order valence-electron chi connectivity index (χ0n) is 16.2. The molecule has 0 bridgehead atoms. The van der Waals surface area contributed by atoms with Gasteiger partial charge in [-0.25, -0.2) is 9.97 Å². The number of rotatable bonds is 10. The topological polar surface area (TPSA) is 66.2 Å². The van der Waals surface area contributed by atoms with Crippen molar-refractivity contribution in [3.8, 4) is 11.5 Å². The van der Waals surface area contributed by atoms with Crippen LogP contribution in [0.1, 0.15) is 70.3 Å². The fraction of sp³-hybridized carbons (Fsp3) is 0.478. The van der Waals surface area contributed by atoms with E-state index in [-0.39, 0.29) is 11.5 Å². The lowest BCUT2D eigenvalue weighted by Crippen LogP contribution is -1.95. The van der Waals surface area contributed by atoms with E-state index in [0.29, 0.717) is 23.0 Å². The standard InChI is InChI=1S/C23H30N2O2/c1-2-3-4-5-6-7-8-9-10-13-17-22-20(16-21(26)23(17)27)24-18-14-11-12-15-19(18)25-22/h11-12,14-16,26-27H,2-10,13H2,1H3. The van der Waals surface area contributed by atoms with Gasteiger partial charge in [0, 0.05) is 11.6 Å². The minimum atomic E-state index is -0.113. The maximum Gasteiger partial charge on any atom is 0.163 e. The fourth-order valence-electron chi connectivity index (χ4n) is 3.65. The van der Waals surface area contributed by atoms with Crippen molar-refractivity contribution in [1.29, 1.82) is 0 Å². The Kier molecular flexibility index (Phi) is 6.86. The summed E-state index contributed by atoms with van der Waals surface area (Å²) in [6, 6.07) is 9.19. The molecular weight excluding hydrogens is 336 g/mol. The number of aryl methyl sites for hydroxylation is 1. The van der Waals surface area contributed by atoms with Crippen molar-refractivity contribution in [2.45, 2.75) is 71.1 Å². The molecule has 0 saturated carbocycles. The van der Waals surface area contributed by atoms with Crippen molar-refractivity contribution in [2.24, 2.45) is 0 Å². The van der Waals surface area contributed by atoms with Crippen molar-refractivity contribution in [3.63, 3.8) is 0 Å². The van der Waals surface area contributed by atoms with Gasteiger partial charge < -0.3 is 10.2 Å². The number of hydrogen-bond acceptors (Lipinski definition) is 4. The van der Waals surface area contributed by atoms with Crippen LogP contribution in [-0.4, -0.2) is 20.2 Å². The Bertz CT molecular complexity index is 892. The highest BCUT2D eigenvalue weighted by atomic mass is 16.3. The molecule has 2 aromatic carbocycles. The number of para-hydroxylation sites is 2. The summed E-state index contributed by atoms with van der Waals surface area (Å²) in [5.41, 5.74) is 3.65. The minimum absolute atomic E-state index is 0.0494. The summed E-state index contributed by atoms with van der Waals surface area (Å²) >= 11 is 0. The van der Waals surface area contributed by atoms with Crippen molar-refractivity contribution in [3.05, 3.63) is 35.9 Å². The first-order valence-electron chi connectivity index (χ1n) is 10.3. The third-order valence-electron chi connectivity index (χ3n) is 5.22. The van der Waals surface area contributed by atoms with Gasteiger partial charge in [0.1, 0.15) is 0 Å². The Labute approximate surface area is 161 Å².